The number of benzene rings is 3. The van der Waals surface area contributed by atoms with Crippen molar-refractivity contribution in [3.05, 3.63) is 136 Å². The quantitative estimate of drug-likeness (QED) is 0.212. The Balaban J connectivity index is 1.29. The number of para-hydroxylation sites is 1. The number of allylic oxidation sites excluding steroid dienone is 2. The zero-order chi connectivity index (χ0) is 28.2. The molecule has 1 N–H and O–H groups in total. The number of tetrazole rings is 1. The van der Waals surface area contributed by atoms with E-state index in [1.807, 2.05) is 73.9 Å². The third kappa shape index (κ3) is 5.64. The first-order valence-corrected chi connectivity index (χ1v) is 14.2. The topological polar surface area (TPSA) is 88.9 Å². The van der Waals surface area contributed by atoms with Gasteiger partial charge in [-0.2, -0.15) is 0 Å². The van der Waals surface area contributed by atoms with E-state index in [1.165, 1.54) is 11.1 Å². The smallest absolute Gasteiger partial charge is 0.255 e. The van der Waals surface area contributed by atoms with E-state index in [0.29, 0.717) is 17.9 Å². The highest BCUT2D eigenvalue weighted by Gasteiger charge is 2.38. The molecule has 0 bridgehead atoms. The molecular formula is C32H29BrN6O2. The molecule has 3 aromatic carbocycles. The van der Waals surface area contributed by atoms with Crippen molar-refractivity contribution in [2.24, 2.45) is 0 Å². The summed E-state index contributed by atoms with van der Waals surface area (Å²) in [5.41, 5.74) is 3.08. The summed E-state index contributed by atoms with van der Waals surface area (Å²) in [5, 5.41) is 14.9. The minimum Gasteiger partial charge on any atom is -0.356 e. The van der Waals surface area contributed by atoms with E-state index in [0.717, 1.165) is 15.4 Å². The van der Waals surface area contributed by atoms with Gasteiger partial charge in [0.25, 0.3) is 5.91 Å². The van der Waals surface area contributed by atoms with Crippen molar-refractivity contribution in [3.63, 3.8) is 0 Å². The monoisotopic (exact) mass is 608 g/mol. The molecule has 5 aromatic rings. The highest BCUT2D eigenvalue weighted by molar-refractivity contribution is 9.11. The Morgan fingerprint density at radius 2 is 1.78 bits per heavy atom. The maximum Gasteiger partial charge on any atom is 0.255 e. The van der Waals surface area contributed by atoms with Gasteiger partial charge in [0.2, 0.25) is 0 Å². The van der Waals surface area contributed by atoms with Gasteiger partial charge in [0.1, 0.15) is 12.2 Å². The number of likely N-dealkylation sites (N-methyl/N-ethyl adjacent to an activating group) is 1. The molecule has 1 aliphatic rings. The standard InChI is InChI=1S/C32H29BrN6O2/c1-38(31(40)27-20-39(19-23-10-4-2-5-11-23)28-15-9-8-14-26(27)28)22-32(41-21-30-34-36-37-35-30)17-16-25(18-29(32)33)24-12-6-3-7-13-24/h2-18,20,25H,19,21-22H2,1H3,(H,34,35,36,37). The molecular weight excluding hydrogens is 580 g/mol. The summed E-state index contributed by atoms with van der Waals surface area (Å²) in [6.45, 7) is 1.10. The van der Waals surface area contributed by atoms with Gasteiger partial charge in [-0.05, 0) is 33.7 Å². The Labute approximate surface area is 246 Å². The van der Waals surface area contributed by atoms with Crippen molar-refractivity contribution < 1.29 is 9.53 Å². The summed E-state index contributed by atoms with van der Waals surface area (Å²) in [6.07, 6.45) is 8.22. The van der Waals surface area contributed by atoms with Crippen LogP contribution in [0.5, 0.6) is 0 Å². The molecule has 1 amide bonds. The summed E-state index contributed by atoms with van der Waals surface area (Å²) >= 11 is 3.81. The molecule has 2 aromatic heterocycles. The zero-order valence-electron chi connectivity index (χ0n) is 22.5. The fraction of sp³-hybridized carbons (Fsp3) is 0.188. The predicted molar refractivity (Wildman–Crippen MR) is 161 cm³/mol. The summed E-state index contributed by atoms with van der Waals surface area (Å²) < 4.78 is 9.43. The second kappa shape index (κ2) is 11.6. The molecule has 6 rings (SSSR count). The van der Waals surface area contributed by atoms with Crippen LogP contribution in [-0.2, 0) is 17.9 Å². The lowest BCUT2D eigenvalue weighted by atomic mass is 9.87. The number of nitrogens with zero attached hydrogens (tertiary/aromatic N) is 5. The van der Waals surface area contributed by atoms with E-state index >= 15 is 0 Å². The molecule has 2 unspecified atom stereocenters. The number of rotatable bonds is 9. The Morgan fingerprint density at radius 3 is 2.51 bits per heavy atom. The lowest BCUT2D eigenvalue weighted by molar-refractivity contribution is -0.00912. The summed E-state index contributed by atoms with van der Waals surface area (Å²) in [6, 6.07) is 28.5. The molecule has 2 heterocycles. The van der Waals surface area contributed by atoms with Crippen LogP contribution in [0.25, 0.3) is 10.9 Å². The fourth-order valence-corrected chi connectivity index (χ4v) is 5.92. The fourth-order valence-electron chi connectivity index (χ4n) is 5.26. The number of hydrogen-bond acceptors (Lipinski definition) is 5. The van der Waals surface area contributed by atoms with Crippen LogP contribution < -0.4 is 0 Å². The van der Waals surface area contributed by atoms with Crippen LogP contribution in [0.1, 0.15) is 33.2 Å². The van der Waals surface area contributed by atoms with Gasteiger partial charge in [-0.3, -0.25) is 4.79 Å². The van der Waals surface area contributed by atoms with Crippen LogP contribution in [0.3, 0.4) is 0 Å². The van der Waals surface area contributed by atoms with Gasteiger partial charge in [0.05, 0.1) is 12.1 Å². The molecule has 8 nitrogen and oxygen atoms in total. The number of halogens is 1. The van der Waals surface area contributed by atoms with Gasteiger partial charge >= 0.3 is 0 Å². The molecule has 0 spiro atoms. The number of fused-ring (bicyclic) bond motifs is 1. The number of carbonyl (C=O) groups excluding carboxylic acids is 1. The maximum absolute atomic E-state index is 14.0. The summed E-state index contributed by atoms with van der Waals surface area (Å²) in [5.74, 6) is 0.489. The Morgan fingerprint density at radius 1 is 1.05 bits per heavy atom. The van der Waals surface area contributed by atoms with Gasteiger partial charge in [0, 0.05) is 41.1 Å². The van der Waals surface area contributed by atoms with Crippen LogP contribution in [0, 0.1) is 0 Å². The predicted octanol–water partition coefficient (Wildman–Crippen LogP) is 5.86. The minimum atomic E-state index is -0.926. The van der Waals surface area contributed by atoms with Crippen molar-refractivity contribution >= 4 is 32.7 Å². The number of aromatic amines is 1. The second-order valence-corrected chi connectivity index (χ2v) is 11.0. The molecule has 1 aliphatic carbocycles. The van der Waals surface area contributed by atoms with E-state index in [1.54, 1.807) is 4.90 Å². The second-order valence-electron chi connectivity index (χ2n) is 10.2. The van der Waals surface area contributed by atoms with Gasteiger partial charge in [-0.1, -0.05) is 107 Å². The number of hydrogen-bond donors (Lipinski definition) is 1. The molecule has 0 aliphatic heterocycles. The van der Waals surface area contributed by atoms with Crippen LogP contribution in [0.15, 0.2) is 114 Å². The van der Waals surface area contributed by atoms with Crippen LogP contribution in [0.2, 0.25) is 0 Å². The van der Waals surface area contributed by atoms with E-state index in [9.17, 15) is 4.79 Å². The average molecular weight is 610 g/mol. The van der Waals surface area contributed by atoms with Crippen LogP contribution >= 0.6 is 15.9 Å². The molecule has 206 valence electrons. The van der Waals surface area contributed by atoms with Crippen molar-refractivity contribution in [1.29, 1.82) is 0 Å². The zero-order valence-corrected chi connectivity index (χ0v) is 24.1. The average Bonchev–Trinajstić information content (AvgIpc) is 3.66. The maximum atomic E-state index is 14.0. The Bertz CT molecular complexity index is 1700. The lowest BCUT2D eigenvalue weighted by Gasteiger charge is -2.37. The minimum absolute atomic E-state index is 0.0752. The number of ether oxygens (including phenoxy) is 1. The van der Waals surface area contributed by atoms with Crippen molar-refractivity contribution in [2.75, 3.05) is 13.6 Å². The summed E-state index contributed by atoms with van der Waals surface area (Å²) in [4.78, 5) is 15.7. The van der Waals surface area contributed by atoms with E-state index in [-0.39, 0.29) is 25.0 Å². The van der Waals surface area contributed by atoms with Crippen LogP contribution in [-0.4, -0.2) is 55.2 Å². The summed E-state index contributed by atoms with van der Waals surface area (Å²) in [7, 11) is 1.81. The molecule has 0 saturated carbocycles. The number of amides is 1. The van der Waals surface area contributed by atoms with E-state index < -0.39 is 5.60 Å². The number of nitrogens with one attached hydrogen (secondary N) is 1. The van der Waals surface area contributed by atoms with E-state index in [4.69, 9.17) is 4.74 Å². The highest BCUT2D eigenvalue weighted by Crippen LogP contribution is 2.39. The van der Waals surface area contributed by atoms with Gasteiger partial charge in [0.15, 0.2) is 5.82 Å². The third-order valence-corrected chi connectivity index (χ3v) is 8.31. The molecule has 0 saturated heterocycles. The van der Waals surface area contributed by atoms with Gasteiger partial charge in [-0.25, -0.2) is 5.10 Å². The first-order valence-electron chi connectivity index (χ1n) is 13.4. The molecule has 0 fully saturated rings. The Hall–Kier alpha value is -4.34. The normalized spacial score (nSPS) is 18.4. The van der Waals surface area contributed by atoms with Crippen molar-refractivity contribution in [2.45, 2.75) is 24.7 Å². The molecule has 9 heteroatoms. The largest absolute Gasteiger partial charge is 0.356 e. The van der Waals surface area contributed by atoms with Crippen molar-refractivity contribution in [3.8, 4) is 0 Å². The highest BCUT2D eigenvalue weighted by atomic mass is 79.9. The number of aromatic nitrogens is 5. The molecule has 41 heavy (non-hydrogen) atoms. The number of H-pyrrole nitrogens is 1. The number of carbonyl (C=O) groups is 1. The first-order chi connectivity index (χ1) is 20.0. The molecule has 0 radical (unpaired) electrons. The van der Waals surface area contributed by atoms with Gasteiger partial charge in [-0.15, -0.1) is 5.10 Å². The first kappa shape index (κ1) is 26.9. The van der Waals surface area contributed by atoms with Crippen LogP contribution in [0.4, 0.5) is 0 Å². The third-order valence-electron chi connectivity index (χ3n) is 7.38. The van der Waals surface area contributed by atoms with Gasteiger partial charge < -0.3 is 14.2 Å². The van der Waals surface area contributed by atoms with E-state index in [2.05, 4.69) is 83.6 Å². The lowest BCUT2D eigenvalue weighted by Crippen LogP contribution is -2.46. The van der Waals surface area contributed by atoms with Crippen molar-refractivity contribution in [1.82, 2.24) is 30.1 Å². The molecule has 2 atom stereocenters. The SMILES string of the molecule is CN(CC1(OCc2nnn[nH]2)C=CC(c2ccccc2)C=C1Br)C(=O)c1cn(Cc2ccccc2)c2ccccc12. The Kier molecular flexibility index (Phi) is 7.63.